The van der Waals surface area contributed by atoms with Crippen LogP contribution in [0.4, 0.5) is 0 Å². The molecule has 0 unspecified atom stereocenters. The number of imidazole rings is 1. The Morgan fingerprint density at radius 3 is 2.62 bits per heavy atom. The summed E-state index contributed by atoms with van der Waals surface area (Å²) in [6.45, 7) is 0. The third kappa shape index (κ3) is 2.85. The number of hydrogen-bond donors (Lipinski definition) is 1. The summed E-state index contributed by atoms with van der Waals surface area (Å²) in [5.74, 6) is -0.252. The Bertz CT molecular complexity index is 771. The average molecular weight is 356 g/mol. The highest BCUT2D eigenvalue weighted by molar-refractivity contribution is 8.26. The number of carbonyl (C=O) groups is 1. The van der Waals surface area contributed by atoms with Crippen molar-refractivity contribution in [2.45, 2.75) is 0 Å². The van der Waals surface area contributed by atoms with Crippen LogP contribution in [0, 0.1) is 0 Å². The van der Waals surface area contributed by atoms with E-state index in [0.29, 0.717) is 14.9 Å². The molecule has 0 bridgehead atoms. The fourth-order valence-electron chi connectivity index (χ4n) is 1.87. The van der Waals surface area contributed by atoms with Gasteiger partial charge in [-0.2, -0.15) is 0 Å². The van der Waals surface area contributed by atoms with Crippen molar-refractivity contribution in [3.63, 3.8) is 0 Å². The van der Waals surface area contributed by atoms with E-state index in [1.165, 1.54) is 11.8 Å². The number of para-hydroxylation sites is 1. The van der Waals surface area contributed by atoms with Gasteiger partial charge < -0.3 is 5.32 Å². The number of thioether (sulfide) groups is 1. The quantitative estimate of drug-likeness (QED) is 0.659. The fourth-order valence-corrected chi connectivity index (χ4v) is 3.43. The van der Waals surface area contributed by atoms with Crippen LogP contribution in [-0.4, -0.2) is 19.8 Å². The van der Waals surface area contributed by atoms with Gasteiger partial charge in [-0.25, -0.2) is 4.98 Å². The van der Waals surface area contributed by atoms with E-state index in [1.807, 2.05) is 30.3 Å². The van der Waals surface area contributed by atoms with Crippen LogP contribution in [0.3, 0.4) is 0 Å². The molecule has 1 fully saturated rings. The summed E-state index contributed by atoms with van der Waals surface area (Å²) < 4.78 is 2.09. The summed E-state index contributed by atoms with van der Waals surface area (Å²) in [6, 6.07) is 9.40. The maximum atomic E-state index is 11.8. The van der Waals surface area contributed by atoms with E-state index in [0.717, 1.165) is 5.69 Å². The van der Waals surface area contributed by atoms with Gasteiger partial charge in [-0.3, -0.25) is 9.36 Å². The summed E-state index contributed by atoms with van der Waals surface area (Å²) in [6.07, 6.45) is 1.63. The predicted octanol–water partition coefficient (Wildman–Crippen LogP) is 3.67. The zero-order valence-electron chi connectivity index (χ0n) is 10.3. The molecule has 1 amide bonds. The minimum Gasteiger partial charge on any atom is -0.307 e. The molecular formula is C13H7Cl2N3OS2. The molecule has 1 aromatic heterocycles. The first-order valence-corrected chi connectivity index (χ1v) is 7.78. The van der Waals surface area contributed by atoms with E-state index < -0.39 is 0 Å². The molecule has 1 N–H and O–H groups in total. The molecule has 1 aromatic carbocycles. The average Bonchev–Trinajstić information content (AvgIpc) is 2.91. The van der Waals surface area contributed by atoms with E-state index in [2.05, 4.69) is 10.3 Å². The Kier molecular flexibility index (Phi) is 4.03. The zero-order valence-corrected chi connectivity index (χ0v) is 13.5. The molecular weight excluding hydrogens is 349 g/mol. The summed E-state index contributed by atoms with van der Waals surface area (Å²) in [5.41, 5.74) is 1.34. The number of nitrogens with one attached hydrogen (secondary N) is 1. The minimum absolute atomic E-state index is 0.225. The van der Waals surface area contributed by atoms with Crippen molar-refractivity contribution in [3.05, 3.63) is 51.4 Å². The van der Waals surface area contributed by atoms with Gasteiger partial charge in [0.05, 0.1) is 10.6 Å². The van der Waals surface area contributed by atoms with Crippen LogP contribution in [0.25, 0.3) is 11.8 Å². The van der Waals surface area contributed by atoms with Gasteiger partial charge in [0.2, 0.25) is 5.28 Å². The lowest BCUT2D eigenvalue weighted by Gasteiger charge is -2.07. The van der Waals surface area contributed by atoms with Gasteiger partial charge in [0, 0.05) is 5.69 Å². The van der Waals surface area contributed by atoms with E-state index in [4.69, 9.17) is 35.4 Å². The summed E-state index contributed by atoms with van der Waals surface area (Å²) >= 11 is 18.4. The Morgan fingerprint density at radius 1 is 1.29 bits per heavy atom. The maximum Gasteiger partial charge on any atom is 0.263 e. The molecule has 3 rings (SSSR count). The second-order valence-electron chi connectivity index (χ2n) is 4.08. The predicted molar refractivity (Wildman–Crippen MR) is 89.9 cm³/mol. The van der Waals surface area contributed by atoms with Gasteiger partial charge >= 0.3 is 0 Å². The molecule has 2 aromatic rings. The number of aromatic nitrogens is 2. The normalized spacial score (nSPS) is 16.6. The topological polar surface area (TPSA) is 46.9 Å². The number of benzene rings is 1. The number of halogens is 2. The zero-order chi connectivity index (χ0) is 15.0. The standard InChI is InChI=1S/C13H7Cl2N3OS2/c14-10-8(6-9-11(19)17-13(20)21-9)18(12(15)16-10)7-4-2-1-3-5-7/h1-6H,(H,17,19,20). The van der Waals surface area contributed by atoms with Gasteiger partial charge in [-0.1, -0.05) is 53.8 Å². The molecule has 1 aliphatic heterocycles. The Balaban J connectivity index is 2.14. The first kappa shape index (κ1) is 14.6. The maximum absolute atomic E-state index is 11.8. The summed E-state index contributed by atoms with van der Waals surface area (Å²) in [7, 11) is 0. The second-order valence-corrected chi connectivity index (χ2v) is 6.50. The first-order valence-electron chi connectivity index (χ1n) is 5.80. The van der Waals surface area contributed by atoms with E-state index in [-0.39, 0.29) is 16.3 Å². The minimum atomic E-state index is -0.252. The summed E-state index contributed by atoms with van der Waals surface area (Å²) in [5, 5.41) is 3.00. The van der Waals surface area contributed by atoms with E-state index in [9.17, 15) is 4.79 Å². The van der Waals surface area contributed by atoms with Crippen LogP contribution in [0.5, 0.6) is 0 Å². The molecule has 1 saturated heterocycles. The number of carbonyl (C=O) groups excluding carboxylic acids is 1. The Labute approximate surface area is 140 Å². The fraction of sp³-hybridized carbons (Fsp3) is 0. The molecule has 106 valence electrons. The molecule has 2 heterocycles. The van der Waals surface area contributed by atoms with Gasteiger partial charge in [0.1, 0.15) is 4.32 Å². The lowest BCUT2D eigenvalue weighted by molar-refractivity contribution is -0.115. The molecule has 0 atom stereocenters. The molecule has 8 heteroatoms. The van der Waals surface area contributed by atoms with Crippen LogP contribution in [-0.2, 0) is 4.79 Å². The van der Waals surface area contributed by atoms with Gasteiger partial charge in [0.15, 0.2) is 5.15 Å². The van der Waals surface area contributed by atoms with E-state index in [1.54, 1.807) is 10.6 Å². The van der Waals surface area contributed by atoms with Crippen molar-refractivity contribution < 1.29 is 4.79 Å². The highest BCUT2D eigenvalue weighted by Gasteiger charge is 2.24. The number of thiocarbonyl (C=S) groups is 1. The van der Waals surface area contributed by atoms with Crippen LogP contribution < -0.4 is 5.32 Å². The van der Waals surface area contributed by atoms with Crippen LogP contribution in [0.2, 0.25) is 10.4 Å². The number of nitrogens with zero attached hydrogens (tertiary/aromatic N) is 2. The monoisotopic (exact) mass is 355 g/mol. The van der Waals surface area contributed by atoms with Gasteiger partial charge in [-0.15, -0.1) is 0 Å². The Hall–Kier alpha value is -1.34. The highest BCUT2D eigenvalue weighted by atomic mass is 35.5. The van der Waals surface area contributed by atoms with Crippen molar-refractivity contribution in [1.29, 1.82) is 0 Å². The summed E-state index contributed by atoms with van der Waals surface area (Å²) in [4.78, 5) is 16.3. The molecule has 21 heavy (non-hydrogen) atoms. The number of amides is 1. The lowest BCUT2D eigenvalue weighted by Crippen LogP contribution is -2.17. The highest BCUT2D eigenvalue weighted by Crippen LogP contribution is 2.31. The molecule has 4 nitrogen and oxygen atoms in total. The van der Waals surface area contributed by atoms with Crippen LogP contribution >= 0.6 is 47.2 Å². The third-order valence-corrected chi connectivity index (χ3v) is 4.45. The second kappa shape index (κ2) is 5.81. The molecule has 0 aliphatic carbocycles. The first-order chi connectivity index (χ1) is 10.1. The number of hydrogen-bond acceptors (Lipinski definition) is 4. The van der Waals surface area contributed by atoms with Gasteiger partial charge in [0.25, 0.3) is 5.91 Å². The van der Waals surface area contributed by atoms with Crippen molar-refractivity contribution in [2.24, 2.45) is 0 Å². The van der Waals surface area contributed by atoms with Crippen molar-refractivity contribution in [1.82, 2.24) is 14.9 Å². The van der Waals surface area contributed by atoms with Gasteiger partial charge in [-0.05, 0) is 29.8 Å². The third-order valence-electron chi connectivity index (χ3n) is 2.75. The van der Waals surface area contributed by atoms with E-state index >= 15 is 0 Å². The molecule has 1 aliphatic rings. The van der Waals surface area contributed by atoms with Crippen LogP contribution in [0.15, 0.2) is 35.2 Å². The molecule has 0 spiro atoms. The lowest BCUT2D eigenvalue weighted by atomic mass is 10.3. The SMILES string of the molecule is O=C1NC(=S)SC1=Cc1c(Cl)nc(Cl)n1-c1ccccc1. The van der Waals surface area contributed by atoms with Crippen molar-refractivity contribution in [3.8, 4) is 5.69 Å². The van der Waals surface area contributed by atoms with Crippen molar-refractivity contribution in [2.75, 3.05) is 0 Å². The molecule has 0 saturated carbocycles. The smallest absolute Gasteiger partial charge is 0.263 e. The van der Waals surface area contributed by atoms with Crippen LogP contribution in [0.1, 0.15) is 5.69 Å². The Morgan fingerprint density at radius 2 is 2.00 bits per heavy atom. The number of rotatable bonds is 2. The largest absolute Gasteiger partial charge is 0.307 e. The van der Waals surface area contributed by atoms with Crippen molar-refractivity contribution >= 4 is 63.5 Å². The molecule has 0 radical (unpaired) electrons.